The third-order valence-electron chi connectivity index (χ3n) is 7.13. The Kier molecular flexibility index (Phi) is 5.94. The van der Waals surface area contributed by atoms with Crippen molar-refractivity contribution in [3.05, 3.63) is 29.8 Å². The molecule has 0 radical (unpaired) electrons. The largest absolute Gasteiger partial charge is 0.493 e. The molecule has 1 spiro atoms. The van der Waals surface area contributed by atoms with Crippen LogP contribution in [-0.4, -0.2) is 17.7 Å². The first-order chi connectivity index (χ1) is 12.4. The Hall–Kier alpha value is -1.51. The third kappa shape index (κ3) is 4.42. The topological polar surface area (TPSA) is 46.5 Å². The molecule has 0 heterocycles. The summed E-state index contributed by atoms with van der Waals surface area (Å²) < 4.78 is 6.11. The van der Waals surface area contributed by atoms with Gasteiger partial charge in [0, 0.05) is 6.42 Å². The van der Waals surface area contributed by atoms with E-state index in [1.54, 1.807) is 0 Å². The Morgan fingerprint density at radius 1 is 1.12 bits per heavy atom. The van der Waals surface area contributed by atoms with Gasteiger partial charge in [0.1, 0.15) is 5.75 Å². The first kappa shape index (κ1) is 19.3. The molecule has 0 aromatic heterocycles. The minimum Gasteiger partial charge on any atom is -0.493 e. The van der Waals surface area contributed by atoms with Gasteiger partial charge in [-0.25, -0.2) is 0 Å². The molecule has 0 amide bonds. The molecule has 1 aromatic rings. The zero-order valence-electron chi connectivity index (χ0n) is 16.4. The SMILES string of the molecule is CC1(C)CCCCC12CCCC(COc1ccc(CCC(=O)O)cc1)C2. The Balaban J connectivity index is 1.53. The molecule has 2 aliphatic carbocycles. The van der Waals surface area contributed by atoms with Gasteiger partial charge < -0.3 is 9.84 Å². The second-order valence-electron chi connectivity index (χ2n) is 9.18. The number of aliphatic carboxylic acids is 1. The zero-order chi connectivity index (χ0) is 18.6. The highest BCUT2D eigenvalue weighted by Crippen LogP contribution is 2.58. The number of aryl methyl sites for hydroxylation is 1. The number of ether oxygens (including phenoxy) is 1. The molecule has 2 unspecified atom stereocenters. The normalized spacial score (nSPS) is 28.0. The van der Waals surface area contributed by atoms with Gasteiger partial charge in [0.2, 0.25) is 0 Å². The van der Waals surface area contributed by atoms with Gasteiger partial charge in [-0.2, -0.15) is 0 Å². The molecule has 2 aliphatic rings. The van der Waals surface area contributed by atoms with E-state index in [0.717, 1.165) is 17.9 Å². The second-order valence-corrected chi connectivity index (χ2v) is 9.18. The predicted molar refractivity (Wildman–Crippen MR) is 105 cm³/mol. The molecular formula is C23H34O3. The summed E-state index contributed by atoms with van der Waals surface area (Å²) >= 11 is 0. The zero-order valence-corrected chi connectivity index (χ0v) is 16.4. The van der Waals surface area contributed by atoms with E-state index in [1.807, 2.05) is 24.3 Å². The molecule has 1 aromatic carbocycles. The van der Waals surface area contributed by atoms with Crippen molar-refractivity contribution >= 4 is 5.97 Å². The molecule has 3 heteroatoms. The molecule has 0 bridgehead atoms. The first-order valence-corrected chi connectivity index (χ1v) is 10.3. The van der Waals surface area contributed by atoms with Gasteiger partial charge in [0.25, 0.3) is 0 Å². The van der Waals surface area contributed by atoms with Crippen LogP contribution in [0.2, 0.25) is 0 Å². The van der Waals surface area contributed by atoms with Crippen molar-refractivity contribution in [2.24, 2.45) is 16.7 Å². The first-order valence-electron chi connectivity index (χ1n) is 10.3. The predicted octanol–water partition coefficient (Wildman–Crippen LogP) is 5.86. The fraction of sp³-hybridized carbons (Fsp3) is 0.696. The number of hydrogen-bond donors (Lipinski definition) is 1. The van der Waals surface area contributed by atoms with Gasteiger partial charge in [0.05, 0.1) is 6.61 Å². The van der Waals surface area contributed by atoms with E-state index in [-0.39, 0.29) is 6.42 Å². The molecule has 144 valence electrons. The molecule has 1 N–H and O–H groups in total. The Morgan fingerprint density at radius 3 is 2.50 bits per heavy atom. The molecule has 3 rings (SSSR count). The Bertz CT molecular complexity index is 600. The number of carbonyl (C=O) groups is 1. The van der Waals surface area contributed by atoms with Gasteiger partial charge in [-0.15, -0.1) is 0 Å². The lowest BCUT2D eigenvalue weighted by Gasteiger charge is -2.54. The molecule has 2 fully saturated rings. The summed E-state index contributed by atoms with van der Waals surface area (Å²) in [7, 11) is 0. The summed E-state index contributed by atoms with van der Waals surface area (Å²) in [6, 6.07) is 7.95. The fourth-order valence-corrected chi connectivity index (χ4v) is 5.32. The highest BCUT2D eigenvalue weighted by molar-refractivity contribution is 5.67. The molecule has 2 atom stereocenters. The van der Waals surface area contributed by atoms with Crippen LogP contribution in [0, 0.1) is 16.7 Å². The van der Waals surface area contributed by atoms with Crippen molar-refractivity contribution in [1.29, 1.82) is 0 Å². The quantitative estimate of drug-likeness (QED) is 0.693. The van der Waals surface area contributed by atoms with Crippen LogP contribution in [0.1, 0.15) is 77.2 Å². The Morgan fingerprint density at radius 2 is 1.81 bits per heavy atom. The summed E-state index contributed by atoms with van der Waals surface area (Å²) in [6.45, 7) is 5.79. The number of rotatable bonds is 6. The lowest BCUT2D eigenvalue weighted by molar-refractivity contribution is -0.136. The van der Waals surface area contributed by atoms with Crippen LogP contribution in [0.25, 0.3) is 0 Å². The summed E-state index contributed by atoms with van der Waals surface area (Å²) in [5.74, 6) is 0.821. The summed E-state index contributed by atoms with van der Waals surface area (Å²) in [6.07, 6.45) is 11.7. The summed E-state index contributed by atoms with van der Waals surface area (Å²) in [5, 5.41) is 8.77. The van der Waals surface area contributed by atoms with Crippen LogP contribution in [0.4, 0.5) is 0 Å². The lowest BCUT2D eigenvalue weighted by Crippen LogP contribution is -2.44. The highest BCUT2D eigenvalue weighted by atomic mass is 16.5. The lowest BCUT2D eigenvalue weighted by atomic mass is 9.51. The molecule has 3 nitrogen and oxygen atoms in total. The average Bonchev–Trinajstić information content (AvgIpc) is 2.62. The van der Waals surface area contributed by atoms with Crippen molar-refractivity contribution in [2.75, 3.05) is 6.61 Å². The van der Waals surface area contributed by atoms with Gasteiger partial charge in [0.15, 0.2) is 0 Å². The van der Waals surface area contributed by atoms with Gasteiger partial charge in [-0.3, -0.25) is 4.79 Å². The highest BCUT2D eigenvalue weighted by Gasteiger charge is 2.48. The van der Waals surface area contributed by atoms with Crippen LogP contribution < -0.4 is 4.74 Å². The van der Waals surface area contributed by atoms with Gasteiger partial charge in [-0.1, -0.05) is 45.2 Å². The van der Waals surface area contributed by atoms with Crippen molar-refractivity contribution in [3.8, 4) is 5.75 Å². The van der Waals surface area contributed by atoms with E-state index in [2.05, 4.69) is 13.8 Å². The minimum atomic E-state index is -0.748. The van der Waals surface area contributed by atoms with E-state index in [0.29, 0.717) is 23.2 Å². The van der Waals surface area contributed by atoms with Crippen molar-refractivity contribution < 1.29 is 14.6 Å². The molecule has 0 saturated heterocycles. The maximum absolute atomic E-state index is 10.7. The minimum absolute atomic E-state index is 0.181. The van der Waals surface area contributed by atoms with Crippen LogP contribution in [0.15, 0.2) is 24.3 Å². The fourth-order valence-electron chi connectivity index (χ4n) is 5.32. The third-order valence-corrected chi connectivity index (χ3v) is 7.13. The van der Waals surface area contributed by atoms with E-state index < -0.39 is 5.97 Å². The second kappa shape index (κ2) is 8.02. The van der Waals surface area contributed by atoms with Gasteiger partial charge in [-0.05, 0) is 73.0 Å². The monoisotopic (exact) mass is 358 g/mol. The van der Waals surface area contributed by atoms with E-state index in [9.17, 15) is 4.79 Å². The summed E-state index contributed by atoms with van der Waals surface area (Å²) in [4.78, 5) is 10.7. The average molecular weight is 359 g/mol. The van der Waals surface area contributed by atoms with Crippen molar-refractivity contribution in [3.63, 3.8) is 0 Å². The van der Waals surface area contributed by atoms with Crippen LogP contribution >= 0.6 is 0 Å². The van der Waals surface area contributed by atoms with Crippen LogP contribution in [0.5, 0.6) is 5.75 Å². The van der Waals surface area contributed by atoms with E-state index in [1.165, 1.54) is 51.4 Å². The van der Waals surface area contributed by atoms with Gasteiger partial charge >= 0.3 is 5.97 Å². The number of hydrogen-bond acceptors (Lipinski definition) is 2. The molecular weight excluding hydrogens is 324 g/mol. The maximum Gasteiger partial charge on any atom is 0.303 e. The number of benzene rings is 1. The molecule has 2 saturated carbocycles. The number of carboxylic acids is 1. The van der Waals surface area contributed by atoms with E-state index in [4.69, 9.17) is 9.84 Å². The van der Waals surface area contributed by atoms with Crippen LogP contribution in [-0.2, 0) is 11.2 Å². The van der Waals surface area contributed by atoms with Crippen molar-refractivity contribution in [1.82, 2.24) is 0 Å². The molecule has 26 heavy (non-hydrogen) atoms. The smallest absolute Gasteiger partial charge is 0.303 e. The Labute approximate surface area is 158 Å². The molecule has 0 aliphatic heterocycles. The summed E-state index contributed by atoms with van der Waals surface area (Å²) in [5.41, 5.74) is 2.05. The van der Waals surface area contributed by atoms with E-state index >= 15 is 0 Å². The maximum atomic E-state index is 10.7. The van der Waals surface area contributed by atoms with Crippen LogP contribution in [0.3, 0.4) is 0 Å². The standard InChI is InChI=1S/C23H34O3/c1-22(2)13-3-4-14-23(22)15-5-6-19(16-23)17-26-20-10-7-18(8-11-20)9-12-21(24)25/h7-8,10-11,19H,3-6,9,12-17H2,1-2H3,(H,24,25). The van der Waals surface area contributed by atoms with Crippen molar-refractivity contribution in [2.45, 2.75) is 78.1 Å². The number of carboxylic acid groups (broad SMARTS) is 1.